The van der Waals surface area contributed by atoms with Crippen molar-refractivity contribution < 1.29 is 4.79 Å². The molecule has 0 atom stereocenters. The number of fused-ring (bicyclic) bond motifs is 3. The van der Waals surface area contributed by atoms with E-state index in [1.165, 1.54) is 0 Å². The smallest absolute Gasteiger partial charge is 0.253 e. The highest BCUT2D eigenvalue weighted by Gasteiger charge is 2.15. The van der Waals surface area contributed by atoms with Gasteiger partial charge in [0.1, 0.15) is 0 Å². The number of hydrogen-bond acceptors (Lipinski definition) is 4. The highest BCUT2D eigenvalue weighted by molar-refractivity contribution is 6.15. The molecule has 1 aliphatic heterocycles. The van der Waals surface area contributed by atoms with E-state index in [1.807, 2.05) is 36.4 Å². The second-order valence-corrected chi connectivity index (χ2v) is 6.39. The maximum Gasteiger partial charge on any atom is 0.253 e. The van der Waals surface area contributed by atoms with Gasteiger partial charge in [0.2, 0.25) is 0 Å². The van der Waals surface area contributed by atoms with E-state index in [0.29, 0.717) is 12.1 Å². The number of nitrogens with one attached hydrogen (secondary N) is 2. The van der Waals surface area contributed by atoms with E-state index in [1.54, 1.807) is 6.20 Å². The molecule has 0 spiro atoms. The second kappa shape index (κ2) is 9.85. The quantitative estimate of drug-likeness (QED) is 0.654. The van der Waals surface area contributed by atoms with Crippen LogP contribution in [0.2, 0.25) is 0 Å². The molecule has 0 radical (unpaired) electrons. The molecule has 27 heavy (non-hydrogen) atoms. The topological polar surface area (TPSA) is 57.3 Å². The molecular weight excluding hydrogens is 383 g/mol. The summed E-state index contributed by atoms with van der Waals surface area (Å²) in [5, 5.41) is 9.62. The number of hydrogen-bond donors (Lipinski definition) is 2. The number of carbonyl (C=O) groups excluding carboxylic acids is 1. The molecule has 0 bridgehead atoms. The number of halogens is 2. The van der Waals surface area contributed by atoms with E-state index >= 15 is 0 Å². The summed E-state index contributed by atoms with van der Waals surface area (Å²) >= 11 is 0. The van der Waals surface area contributed by atoms with Crippen molar-refractivity contribution in [3.8, 4) is 0 Å². The van der Waals surface area contributed by atoms with E-state index in [9.17, 15) is 4.79 Å². The van der Waals surface area contributed by atoms with Crippen LogP contribution in [0.1, 0.15) is 10.4 Å². The van der Waals surface area contributed by atoms with Crippen molar-refractivity contribution in [1.82, 2.24) is 20.5 Å². The predicted molar refractivity (Wildman–Crippen MR) is 115 cm³/mol. The minimum Gasteiger partial charge on any atom is -0.351 e. The van der Waals surface area contributed by atoms with Crippen LogP contribution in [0, 0.1) is 0 Å². The first-order valence-electron chi connectivity index (χ1n) is 8.81. The molecule has 0 saturated carbocycles. The molecular formula is C20H24Cl2N4O. The molecule has 5 nitrogen and oxygen atoms in total. The first-order chi connectivity index (χ1) is 12.3. The SMILES string of the molecule is Cl.Cl.O=C(NCCN1CCNCC1)c1cc2ccccc2c2cccnc12. The fourth-order valence-corrected chi connectivity index (χ4v) is 3.46. The van der Waals surface area contributed by atoms with Gasteiger partial charge < -0.3 is 10.6 Å². The summed E-state index contributed by atoms with van der Waals surface area (Å²) in [6.07, 6.45) is 1.74. The van der Waals surface area contributed by atoms with Gasteiger partial charge in [0.25, 0.3) is 5.91 Å². The Kier molecular flexibility index (Phi) is 7.80. The van der Waals surface area contributed by atoms with E-state index in [-0.39, 0.29) is 30.7 Å². The number of carbonyl (C=O) groups is 1. The van der Waals surface area contributed by atoms with Crippen LogP contribution in [0.15, 0.2) is 48.7 Å². The van der Waals surface area contributed by atoms with Gasteiger partial charge >= 0.3 is 0 Å². The number of rotatable bonds is 4. The van der Waals surface area contributed by atoms with E-state index < -0.39 is 0 Å². The summed E-state index contributed by atoms with van der Waals surface area (Å²) in [5.41, 5.74) is 1.41. The zero-order valence-corrected chi connectivity index (χ0v) is 16.6. The Morgan fingerprint density at radius 2 is 1.81 bits per heavy atom. The Bertz CT molecular complexity index is 913. The fraction of sp³-hybridized carbons (Fsp3) is 0.300. The first-order valence-corrected chi connectivity index (χ1v) is 8.81. The lowest BCUT2D eigenvalue weighted by atomic mass is 10.0. The molecule has 2 heterocycles. The van der Waals surface area contributed by atoms with Crippen LogP contribution in [-0.2, 0) is 0 Å². The lowest BCUT2D eigenvalue weighted by Crippen LogP contribution is -2.46. The average Bonchev–Trinajstić information content (AvgIpc) is 2.68. The summed E-state index contributed by atoms with van der Waals surface area (Å²) in [5.74, 6) is -0.0513. The van der Waals surface area contributed by atoms with E-state index in [0.717, 1.165) is 54.4 Å². The van der Waals surface area contributed by atoms with Crippen LogP contribution in [0.25, 0.3) is 21.7 Å². The number of nitrogens with zero attached hydrogens (tertiary/aromatic N) is 2. The third-order valence-corrected chi connectivity index (χ3v) is 4.78. The number of benzene rings is 2. The van der Waals surface area contributed by atoms with Crippen LogP contribution in [0.3, 0.4) is 0 Å². The van der Waals surface area contributed by atoms with Crippen LogP contribution in [0.4, 0.5) is 0 Å². The minimum atomic E-state index is -0.0513. The molecule has 2 aromatic carbocycles. The van der Waals surface area contributed by atoms with Crippen molar-refractivity contribution in [2.75, 3.05) is 39.3 Å². The standard InChI is InChI=1S/C20H22N4O.2ClH/c25-20(23-10-13-24-11-8-21-9-12-24)18-14-15-4-1-2-5-16(15)17-6-3-7-22-19(17)18;;/h1-7,14,21H,8-13H2,(H,23,25);2*1H. The monoisotopic (exact) mass is 406 g/mol. The molecule has 1 aliphatic rings. The summed E-state index contributed by atoms with van der Waals surface area (Å²) in [6.45, 7) is 5.65. The lowest BCUT2D eigenvalue weighted by Gasteiger charge is -2.27. The molecule has 0 unspecified atom stereocenters. The van der Waals surface area contributed by atoms with Crippen LogP contribution >= 0.6 is 24.8 Å². The zero-order valence-electron chi connectivity index (χ0n) is 15.0. The molecule has 1 aromatic heterocycles. The van der Waals surface area contributed by atoms with Crippen LogP contribution in [0.5, 0.6) is 0 Å². The van der Waals surface area contributed by atoms with E-state index in [4.69, 9.17) is 0 Å². The molecule has 1 fully saturated rings. The molecule has 1 amide bonds. The van der Waals surface area contributed by atoms with Crippen LogP contribution in [-0.4, -0.2) is 55.1 Å². The molecule has 3 aromatic rings. The number of piperazine rings is 1. The van der Waals surface area contributed by atoms with Gasteiger partial charge in [-0.15, -0.1) is 24.8 Å². The normalized spacial score (nSPS) is 14.4. The Hall–Kier alpha value is -1.92. The maximum absolute atomic E-state index is 12.8. The Morgan fingerprint density at radius 3 is 2.63 bits per heavy atom. The third-order valence-electron chi connectivity index (χ3n) is 4.78. The predicted octanol–water partition coefficient (Wildman–Crippen LogP) is 2.87. The number of amides is 1. The van der Waals surface area contributed by atoms with Gasteiger partial charge in [-0.1, -0.05) is 30.3 Å². The van der Waals surface area contributed by atoms with Crippen molar-refractivity contribution in [3.05, 3.63) is 54.2 Å². The van der Waals surface area contributed by atoms with Crippen molar-refractivity contribution in [3.63, 3.8) is 0 Å². The number of aromatic nitrogens is 1. The molecule has 7 heteroatoms. The van der Waals surface area contributed by atoms with Gasteiger partial charge in [0.05, 0.1) is 11.1 Å². The Balaban J connectivity index is 0.00000131. The van der Waals surface area contributed by atoms with Gasteiger partial charge in [0.15, 0.2) is 0 Å². The average molecular weight is 407 g/mol. The van der Waals surface area contributed by atoms with Crippen molar-refractivity contribution in [1.29, 1.82) is 0 Å². The van der Waals surface area contributed by atoms with E-state index in [2.05, 4.69) is 26.6 Å². The van der Waals surface area contributed by atoms with Gasteiger partial charge in [-0.2, -0.15) is 0 Å². The Labute approximate surface area is 171 Å². The second-order valence-electron chi connectivity index (χ2n) is 6.39. The molecule has 1 saturated heterocycles. The summed E-state index contributed by atoms with van der Waals surface area (Å²) < 4.78 is 0. The maximum atomic E-state index is 12.8. The summed E-state index contributed by atoms with van der Waals surface area (Å²) in [7, 11) is 0. The highest BCUT2D eigenvalue weighted by Crippen LogP contribution is 2.27. The third kappa shape index (κ3) is 4.68. The van der Waals surface area contributed by atoms with Gasteiger partial charge in [-0.25, -0.2) is 0 Å². The Morgan fingerprint density at radius 1 is 1.07 bits per heavy atom. The van der Waals surface area contributed by atoms with Crippen molar-refractivity contribution in [2.45, 2.75) is 0 Å². The number of pyridine rings is 1. The summed E-state index contributed by atoms with van der Waals surface area (Å²) in [4.78, 5) is 19.6. The van der Waals surface area contributed by atoms with Gasteiger partial charge in [-0.3, -0.25) is 14.7 Å². The van der Waals surface area contributed by atoms with Crippen molar-refractivity contribution in [2.24, 2.45) is 0 Å². The molecule has 144 valence electrons. The summed E-state index contributed by atoms with van der Waals surface area (Å²) in [6, 6.07) is 14.0. The van der Waals surface area contributed by atoms with Gasteiger partial charge in [-0.05, 0) is 22.9 Å². The minimum absolute atomic E-state index is 0. The van der Waals surface area contributed by atoms with Crippen molar-refractivity contribution >= 4 is 52.4 Å². The van der Waals surface area contributed by atoms with Gasteiger partial charge in [0, 0.05) is 50.9 Å². The van der Waals surface area contributed by atoms with Crippen LogP contribution < -0.4 is 10.6 Å². The molecule has 4 rings (SSSR count). The largest absolute Gasteiger partial charge is 0.351 e. The molecule has 2 N–H and O–H groups in total. The molecule has 0 aliphatic carbocycles. The highest BCUT2D eigenvalue weighted by atomic mass is 35.5. The fourth-order valence-electron chi connectivity index (χ4n) is 3.46. The zero-order chi connectivity index (χ0) is 17.1. The lowest BCUT2D eigenvalue weighted by molar-refractivity contribution is 0.0949. The first kappa shape index (κ1) is 21.4.